The zero-order valence-corrected chi connectivity index (χ0v) is 9.66. The van der Waals surface area contributed by atoms with Crippen molar-refractivity contribution in [2.75, 3.05) is 6.54 Å². The molecule has 0 unspecified atom stereocenters. The van der Waals surface area contributed by atoms with Crippen molar-refractivity contribution in [3.8, 4) is 0 Å². The Morgan fingerprint density at radius 1 is 1.38 bits per heavy atom. The largest absolute Gasteiger partial charge is 0.298 e. The maximum absolute atomic E-state index is 13.5. The minimum Gasteiger partial charge on any atom is -0.298 e. The van der Waals surface area contributed by atoms with Crippen LogP contribution in [0.4, 0.5) is 4.39 Å². The maximum Gasteiger partial charge on any atom is 0.153 e. The lowest BCUT2D eigenvalue weighted by Gasteiger charge is -2.29. The fourth-order valence-corrected chi connectivity index (χ4v) is 2.11. The van der Waals surface area contributed by atoms with Crippen LogP contribution in [0.5, 0.6) is 0 Å². The standard InChI is InChI=1S/C13H16FNO/c1-13(2)12(16)7-8-15(13)9-10-5-3-4-6-11(10)14/h3-6H,7-9H2,1-2H3. The van der Waals surface area contributed by atoms with Crippen LogP contribution in [0, 0.1) is 5.82 Å². The second kappa shape index (κ2) is 3.98. The molecular formula is C13H16FNO. The van der Waals surface area contributed by atoms with Crippen LogP contribution in [0.2, 0.25) is 0 Å². The molecule has 3 heteroatoms. The van der Waals surface area contributed by atoms with Gasteiger partial charge in [0.1, 0.15) is 5.82 Å². The van der Waals surface area contributed by atoms with E-state index in [2.05, 4.69) is 0 Å². The summed E-state index contributed by atoms with van der Waals surface area (Å²) in [6, 6.07) is 6.73. The van der Waals surface area contributed by atoms with E-state index < -0.39 is 5.54 Å². The van der Waals surface area contributed by atoms with Crippen LogP contribution >= 0.6 is 0 Å². The molecule has 1 aromatic rings. The van der Waals surface area contributed by atoms with Crippen LogP contribution < -0.4 is 0 Å². The number of nitrogens with zero attached hydrogens (tertiary/aromatic N) is 1. The normalized spacial score (nSPS) is 20.3. The first-order valence-electron chi connectivity index (χ1n) is 5.53. The number of likely N-dealkylation sites (tertiary alicyclic amines) is 1. The van der Waals surface area contributed by atoms with E-state index in [1.165, 1.54) is 6.07 Å². The zero-order valence-electron chi connectivity index (χ0n) is 9.66. The zero-order chi connectivity index (χ0) is 11.8. The summed E-state index contributed by atoms with van der Waals surface area (Å²) in [5, 5.41) is 0. The molecule has 86 valence electrons. The quantitative estimate of drug-likeness (QED) is 0.764. The van der Waals surface area contributed by atoms with Gasteiger partial charge in [0.2, 0.25) is 0 Å². The van der Waals surface area contributed by atoms with Gasteiger partial charge < -0.3 is 0 Å². The molecule has 1 saturated heterocycles. The van der Waals surface area contributed by atoms with Gasteiger partial charge in [-0.1, -0.05) is 18.2 Å². The molecule has 0 amide bonds. The molecule has 1 aliphatic rings. The predicted octanol–water partition coefficient (Wildman–Crippen LogP) is 2.38. The summed E-state index contributed by atoms with van der Waals surface area (Å²) in [6.45, 7) is 5.04. The predicted molar refractivity (Wildman–Crippen MR) is 60.5 cm³/mol. The number of Topliss-reactive ketones (excluding diaryl/α,β-unsaturated/α-hetero) is 1. The van der Waals surface area contributed by atoms with E-state index in [0.29, 0.717) is 18.5 Å². The second-order valence-electron chi connectivity index (χ2n) is 4.75. The van der Waals surface area contributed by atoms with Crippen LogP contribution in [0.1, 0.15) is 25.8 Å². The molecule has 1 heterocycles. The minimum absolute atomic E-state index is 0.197. The van der Waals surface area contributed by atoms with Gasteiger partial charge >= 0.3 is 0 Å². The summed E-state index contributed by atoms with van der Waals surface area (Å²) in [6.07, 6.45) is 0.571. The molecule has 0 saturated carbocycles. The lowest BCUT2D eigenvalue weighted by Crippen LogP contribution is -2.42. The third-order valence-corrected chi connectivity index (χ3v) is 3.40. The number of hydrogen-bond donors (Lipinski definition) is 0. The number of carbonyl (C=O) groups excluding carboxylic acids is 1. The van der Waals surface area contributed by atoms with Crippen molar-refractivity contribution in [3.05, 3.63) is 35.6 Å². The van der Waals surface area contributed by atoms with Gasteiger partial charge in [-0.25, -0.2) is 4.39 Å². The molecule has 0 N–H and O–H groups in total. The Kier molecular flexibility index (Phi) is 2.80. The number of carbonyl (C=O) groups is 1. The minimum atomic E-state index is -0.456. The molecule has 16 heavy (non-hydrogen) atoms. The molecule has 1 aromatic carbocycles. The summed E-state index contributed by atoms with van der Waals surface area (Å²) in [5.74, 6) is 0.0430. The SMILES string of the molecule is CC1(C)C(=O)CCN1Cc1ccccc1F. The van der Waals surface area contributed by atoms with Crippen molar-refractivity contribution in [2.45, 2.75) is 32.4 Å². The van der Waals surface area contributed by atoms with E-state index in [1.807, 2.05) is 24.8 Å². The van der Waals surface area contributed by atoms with Gasteiger partial charge in [-0.2, -0.15) is 0 Å². The van der Waals surface area contributed by atoms with Gasteiger partial charge in [-0.15, -0.1) is 0 Å². The number of ketones is 1. The van der Waals surface area contributed by atoms with E-state index in [0.717, 1.165) is 6.54 Å². The van der Waals surface area contributed by atoms with Crippen molar-refractivity contribution in [1.29, 1.82) is 0 Å². The highest BCUT2D eigenvalue weighted by molar-refractivity contribution is 5.89. The Morgan fingerprint density at radius 2 is 2.06 bits per heavy atom. The molecular weight excluding hydrogens is 205 g/mol. The first-order valence-corrected chi connectivity index (χ1v) is 5.53. The van der Waals surface area contributed by atoms with E-state index >= 15 is 0 Å². The lowest BCUT2D eigenvalue weighted by atomic mass is 10.00. The van der Waals surface area contributed by atoms with Crippen molar-refractivity contribution in [1.82, 2.24) is 4.90 Å². The second-order valence-corrected chi connectivity index (χ2v) is 4.75. The van der Waals surface area contributed by atoms with E-state index in [1.54, 1.807) is 12.1 Å². The Bertz CT molecular complexity index is 414. The topological polar surface area (TPSA) is 20.3 Å². The van der Waals surface area contributed by atoms with Crippen LogP contribution in [0.15, 0.2) is 24.3 Å². The van der Waals surface area contributed by atoms with Crippen LogP contribution in [0.25, 0.3) is 0 Å². The molecule has 0 spiro atoms. The Labute approximate surface area is 95.1 Å². The van der Waals surface area contributed by atoms with Gasteiger partial charge in [0.15, 0.2) is 5.78 Å². The van der Waals surface area contributed by atoms with Crippen molar-refractivity contribution in [2.24, 2.45) is 0 Å². The van der Waals surface area contributed by atoms with Gasteiger partial charge in [-0.3, -0.25) is 9.69 Å². The number of hydrogen-bond acceptors (Lipinski definition) is 2. The summed E-state index contributed by atoms with van der Waals surface area (Å²) >= 11 is 0. The smallest absolute Gasteiger partial charge is 0.153 e. The van der Waals surface area contributed by atoms with Gasteiger partial charge in [0.05, 0.1) is 5.54 Å². The molecule has 1 aliphatic heterocycles. The lowest BCUT2D eigenvalue weighted by molar-refractivity contribution is -0.123. The average molecular weight is 221 g/mol. The van der Waals surface area contributed by atoms with Crippen molar-refractivity contribution >= 4 is 5.78 Å². The molecule has 2 nitrogen and oxygen atoms in total. The maximum atomic E-state index is 13.5. The van der Waals surface area contributed by atoms with Crippen LogP contribution in [0.3, 0.4) is 0 Å². The third kappa shape index (κ3) is 1.87. The molecule has 0 aliphatic carbocycles. The first kappa shape index (κ1) is 11.3. The summed E-state index contributed by atoms with van der Waals surface area (Å²) in [7, 11) is 0. The fraction of sp³-hybridized carbons (Fsp3) is 0.462. The molecule has 0 bridgehead atoms. The number of halogens is 1. The molecule has 2 rings (SSSR count). The van der Waals surface area contributed by atoms with Gasteiger partial charge in [-0.05, 0) is 19.9 Å². The molecule has 1 fully saturated rings. The van der Waals surface area contributed by atoms with Crippen molar-refractivity contribution < 1.29 is 9.18 Å². The number of benzene rings is 1. The Balaban J connectivity index is 2.18. The first-order chi connectivity index (χ1) is 7.51. The van der Waals surface area contributed by atoms with Gasteiger partial charge in [0, 0.05) is 25.1 Å². The summed E-state index contributed by atoms with van der Waals surface area (Å²) < 4.78 is 13.5. The molecule has 0 aromatic heterocycles. The highest BCUT2D eigenvalue weighted by Gasteiger charge is 2.39. The van der Waals surface area contributed by atoms with E-state index in [9.17, 15) is 9.18 Å². The monoisotopic (exact) mass is 221 g/mol. The van der Waals surface area contributed by atoms with Crippen molar-refractivity contribution in [3.63, 3.8) is 0 Å². The highest BCUT2D eigenvalue weighted by atomic mass is 19.1. The fourth-order valence-electron chi connectivity index (χ4n) is 2.11. The Morgan fingerprint density at radius 3 is 2.62 bits per heavy atom. The van der Waals surface area contributed by atoms with Crippen LogP contribution in [-0.2, 0) is 11.3 Å². The van der Waals surface area contributed by atoms with Gasteiger partial charge in [0.25, 0.3) is 0 Å². The van der Waals surface area contributed by atoms with E-state index in [4.69, 9.17) is 0 Å². The van der Waals surface area contributed by atoms with E-state index in [-0.39, 0.29) is 11.6 Å². The molecule has 0 radical (unpaired) electrons. The number of rotatable bonds is 2. The highest BCUT2D eigenvalue weighted by Crippen LogP contribution is 2.27. The molecule has 0 atom stereocenters. The average Bonchev–Trinajstić information content (AvgIpc) is 2.48. The third-order valence-electron chi connectivity index (χ3n) is 3.40. The summed E-state index contributed by atoms with van der Waals surface area (Å²) in [5.41, 5.74) is 0.202. The Hall–Kier alpha value is -1.22. The van der Waals surface area contributed by atoms with Crippen LogP contribution in [-0.4, -0.2) is 22.8 Å². The summed E-state index contributed by atoms with van der Waals surface area (Å²) in [4.78, 5) is 13.7.